The summed E-state index contributed by atoms with van der Waals surface area (Å²) >= 11 is 8.94. The van der Waals surface area contributed by atoms with Gasteiger partial charge < -0.3 is 0 Å². The van der Waals surface area contributed by atoms with Crippen molar-refractivity contribution in [3.05, 3.63) is 33.8 Å². The minimum atomic E-state index is 0.265. The van der Waals surface area contributed by atoms with Crippen LogP contribution in [-0.2, 0) is 11.2 Å². The first-order valence-electron chi connectivity index (χ1n) is 4.96. The van der Waals surface area contributed by atoms with Crippen molar-refractivity contribution in [1.29, 1.82) is 0 Å². The molecule has 1 aromatic rings. The first-order chi connectivity index (χ1) is 7.13. The summed E-state index contributed by atoms with van der Waals surface area (Å²) in [5.41, 5.74) is 2.27. The Morgan fingerprint density at radius 3 is 2.80 bits per heavy atom. The Labute approximate surface area is 104 Å². The van der Waals surface area contributed by atoms with Crippen LogP contribution in [0.1, 0.15) is 24.0 Å². The molecule has 0 fully saturated rings. The second kappa shape index (κ2) is 6.29. The summed E-state index contributed by atoms with van der Waals surface area (Å²) in [6.45, 7) is 2.02. The molecule has 0 heterocycles. The molecule has 1 rings (SSSR count). The number of halogens is 2. The van der Waals surface area contributed by atoms with Crippen LogP contribution in [0.25, 0.3) is 0 Å². The Morgan fingerprint density at radius 1 is 1.47 bits per heavy atom. The second-order valence-corrected chi connectivity index (χ2v) is 4.87. The van der Waals surface area contributed by atoms with E-state index in [0.717, 1.165) is 22.0 Å². The van der Waals surface area contributed by atoms with Crippen molar-refractivity contribution in [3.8, 4) is 0 Å². The van der Waals surface area contributed by atoms with E-state index in [4.69, 9.17) is 11.6 Å². The maximum absolute atomic E-state index is 11.5. The number of carbonyl (C=O) groups excluding carboxylic acids is 1. The van der Waals surface area contributed by atoms with Gasteiger partial charge in [-0.1, -0.05) is 22.0 Å². The SMILES string of the molecule is Cc1cc(Br)ccc1CC(=O)CCCCl. The van der Waals surface area contributed by atoms with Gasteiger partial charge in [-0.15, -0.1) is 11.6 Å². The Kier molecular flexibility index (Phi) is 5.34. The number of alkyl halides is 1. The number of rotatable bonds is 5. The van der Waals surface area contributed by atoms with E-state index < -0.39 is 0 Å². The van der Waals surface area contributed by atoms with Crippen LogP contribution >= 0.6 is 27.5 Å². The second-order valence-electron chi connectivity index (χ2n) is 3.58. The van der Waals surface area contributed by atoms with Crippen LogP contribution in [0, 0.1) is 6.92 Å². The fourth-order valence-electron chi connectivity index (χ4n) is 1.42. The molecule has 15 heavy (non-hydrogen) atoms. The summed E-state index contributed by atoms with van der Waals surface area (Å²) in [6.07, 6.45) is 1.88. The third-order valence-corrected chi connectivity index (χ3v) is 3.04. The molecule has 0 aliphatic heterocycles. The summed E-state index contributed by atoms with van der Waals surface area (Å²) in [6, 6.07) is 6.00. The molecule has 0 unspecified atom stereocenters. The van der Waals surface area contributed by atoms with Crippen molar-refractivity contribution in [3.63, 3.8) is 0 Å². The minimum absolute atomic E-state index is 0.265. The number of Topliss-reactive ketones (excluding diaryl/α,β-unsaturated/α-hetero) is 1. The predicted octanol–water partition coefficient (Wildman–Crippen LogP) is 3.89. The van der Waals surface area contributed by atoms with Gasteiger partial charge in [0.05, 0.1) is 0 Å². The summed E-state index contributed by atoms with van der Waals surface area (Å²) in [7, 11) is 0. The fraction of sp³-hybridized carbons (Fsp3) is 0.417. The summed E-state index contributed by atoms with van der Waals surface area (Å²) in [5.74, 6) is 0.825. The molecule has 1 aromatic carbocycles. The monoisotopic (exact) mass is 288 g/mol. The van der Waals surface area contributed by atoms with Crippen molar-refractivity contribution >= 4 is 33.3 Å². The molecule has 0 aliphatic rings. The first-order valence-corrected chi connectivity index (χ1v) is 6.29. The normalized spacial score (nSPS) is 10.3. The molecule has 0 aromatic heterocycles. The van der Waals surface area contributed by atoms with Crippen LogP contribution in [0.3, 0.4) is 0 Å². The molecule has 0 saturated heterocycles. The minimum Gasteiger partial charge on any atom is -0.299 e. The Hall–Kier alpha value is -0.340. The van der Waals surface area contributed by atoms with Gasteiger partial charge >= 0.3 is 0 Å². The molecule has 0 atom stereocenters. The highest BCUT2D eigenvalue weighted by Crippen LogP contribution is 2.17. The van der Waals surface area contributed by atoms with Gasteiger partial charge in [-0.25, -0.2) is 0 Å². The van der Waals surface area contributed by atoms with E-state index in [0.29, 0.717) is 18.7 Å². The standard InChI is InChI=1S/C12H14BrClO/c1-9-7-11(13)5-4-10(9)8-12(15)3-2-6-14/h4-5,7H,2-3,6,8H2,1H3. The van der Waals surface area contributed by atoms with Crippen molar-refractivity contribution < 1.29 is 4.79 Å². The molecular weight excluding hydrogens is 275 g/mol. The molecule has 0 N–H and O–H groups in total. The van der Waals surface area contributed by atoms with Gasteiger partial charge in [0.25, 0.3) is 0 Å². The van der Waals surface area contributed by atoms with Gasteiger partial charge in [0.1, 0.15) is 5.78 Å². The lowest BCUT2D eigenvalue weighted by Gasteiger charge is -2.05. The molecule has 0 amide bonds. The van der Waals surface area contributed by atoms with Crippen molar-refractivity contribution in [2.75, 3.05) is 5.88 Å². The van der Waals surface area contributed by atoms with Gasteiger partial charge in [-0.2, -0.15) is 0 Å². The van der Waals surface area contributed by atoms with E-state index in [1.165, 1.54) is 0 Å². The number of hydrogen-bond acceptors (Lipinski definition) is 1. The average Bonchev–Trinajstić information content (AvgIpc) is 2.19. The third-order valence-electron chi connectivity index (χ3n) is 2.28. The molecule has 1 nitrogen and oxygen atoms in total. The van der Waals surface area contributed by atoms with Gasteiger partial charge in [0.15, 0.2) is 0 Å². The van der Waals surface area contributed by atoms with Gasteiger partial charge in [0.2, 0.25) is 0 Å². The topological polar surface area (TPSA) is 17.1 Å². The first kappa shape index (κ1) is 12.7. The van der Waals surface area contributed by atoms with Crippen molar-refractivity contribution in [2.24, 2.45) is 0 Å². The van der Waals surface area contributed by atoms with Crippen LogP contribution in [0.4, 0.5) is 0 Å². The Balaban J connectivity index is 2.60. The van der Waals surface area contributed by atoms with Crippen molar-refractivity contribution in [2.45, 2.75) is 26.2 Å². The summed E-state index contributed by atoms with van der Waals surface area (Å²) < 4.78 is 1.05. The van der Waals surface area contributed by atoms with Crippen LogP contribution in [0.5, 0.6) is 0 Å². The van der Waals surface area contributed by atoms with Gasteiger partial charge in [0, 0.05) is 23.2 Å². The lowest BCUT2D eigenvalue weighted by Crippen LogP contribution is -2.04. The zero-order valence-corrected chi connectivity index (χ0v) is 11.1. The molecule has 82 valence electrons. The highest BCUT2D eigenvalue weighted by Gasteiger charge is 2.05. The highest BCUT2D eigenvalue weighted by molar-refractivity contribution is 9.10. The molecule has 0 spiro atoms. The van der Waals surface area contributed by atoms with E-state index >= 15 is 0 Å². The Morgan fingerprint density at radius 2 is 2.20 bits per heavy atom. The number of hydrogen-bond donors (Lipinski definition) is 0. The largest absolute Gasteiger partial charge is 0.299 e. The molecule has 0 saturated carbocycles. The number of ketones is 1. The maximum atomic E-state index is 11.5. The summed E-state index contributed by atoms with van der Waals surface area (Å²) in [4.78, 5) is 11.5. The van der Waals surface area contributed by atoms with Crippen LogP contribution < -0.4 is 0 Å². The zero-order chi connectivity index (χ0) is 11.3. The predicted molar refractivity (Wildman–Crippen MR) is 67.5 cm³/mol. The van der Waals surface area contributed by atoms with Gasteiger partial charge in [-0.05, 0) is 36.6 Å². The smallest absolute Gasteiger partial charge is 0.137 e. The number of aryl methyl sites for hydroxylation is 1. The molecule has 0 radical (unpaired) electrons. The maximum Gasteiger partial charge on any atom is 0.137 e. The molecule has 0 bridgehead atoms. The van der Waals surface area contributed by atoms with Crippen LogP contribution in [0.15, 0.2) is 22.7 Å². The molecule has 0 aliphatic carbocycles. The lowest BCUT2D eigenvalue weighted by molar-refractivity contribution is -0.118. The average molecular weight is 290 g/mol. The zero-order valence-electron chi connectivity index (χ0n) is 8.72. The number of benzene rings is 1. The fourth-order valence-corrected chi connectivity index (χ4v) is 2.03. The Bertz CT molecular complexity index is 349. The van der Waals surface area contributed by atoms with Crippen molar-refractivity contribution in [1.82, 2.24) is 0 Å². The summed E-state index contributed by atoms with van der Waals surface area (Å²) in [5, 5.41) is 0. The van der Waals surface area contributed by atoms with E-state index in [9.17, 15) is 4.79 Å². The quantitative estimate of drug-likeness (QED) is 0.752. The van der Waals surface area contributed by atoms with E-state index in [-0.39, 0.29) is 5.78 Å². The highest BCUT2D eigenvalue weighted by atomic mass is 79.9. The van der Waals surface area contributed by atoms with Gasteiger partial charge in [-0.3, -0.25) is 4.79 Å². The molecule has 3 heteroatoms. The van der Waals surface area contributed by atoms with E-state index in [1.807, 2.05) is 25.1 Å². The van der Waals surface area contributed by atoms with E-state index in [2.05, 4.69) is 15.9 Å². The third kappa shape index (κ3) is 4.35. The number of carbonyl (C=O) groups is 1. The van der Waals surface area contributed by atoms with Crippen LogP contribution in [-0.4, -0.2) is 11.7 Å². The van der Waals surface area contributed by atoms with Crippen LogP contribution in [0.2, 0.25) is 0 Å². The van der Waals surface area contributed by atoms with E-state index in [1.54, 1.807) is 0 Å². The molecular formula is C12H14BrClO. The lowest BCUT2D eigenvalue weighted by atomic mass is 10.0.